The van der Waals surface area contributed by atoms with Crippen molar-refractivity contribution in [2.75, 3.05) is 18.0 Å². The molecule has 0 saturated carbocycles. The van der Waals surface area contributed by atoms with Gasteiger partial charge < -0.3 is 19.1 Å². The average molecular weight is 428 g/mol. The highest BCUT2D eigenvalue weighted by molar-refractivity contribution is 5.94. The number of aromatic nitrogens is 1. The highest BCUT2D eigenvalue weighted by atomic mass is 16.4. The van der Waals surface area contributed by atoms with Crippen LogP contribution < -0.4 is 10.2 Å². The van der Waals surface area contributed by atoms with Crippen molar-refractivity contribution < 1.29 is 13.6 Å². The van der Waals surface area contributed by atoms with Gasteiger partial charge in [0.25, 0.3) is 5.91 Å². The molecule has 0 fully saturated rings. The average Bonchev–Trinajstić information content (AvgIpc) is 3.56. The molecule has 5 rings (SSSR count). The quantitative estimate of drug-likeness (QED) is 0.460. The molecule has 2 aromatic heterocycles. The predicted molar refractivity (Wildman–Crippen MR) is 123 cm³/mol. The monoisotopic (exact) mass is 427 g/mol. The van der Waals surface area contributed by atoms with E-state index in [1.165, 1.54) is 11.3 Å². The van der Waals surface area contributed by atoms with Gasteiger partial charge in [0.15, 0.2) is 0 Å². The van der Waals surface area contributed by atoms with Crippen LogP contribution in [0, 0.1) is 6.92 Å². The van der Waals surface area contributed by atoms with Gasteiger partial charge in [0.1, 0.15) is 17.2 Å². The normalized spacial score (nSPS) is 12.7. The molecule has 2 aromatic carbocycles. The lowest BCUT2D eigenvalue weighted by atomic mass is 10.1. The second kappa shape index (κ2) is 8.75. The number of nitrogens with one attached hydrogen (secondary N) is 1. The van der Waals surface area contributed by atoms with E-state index in [-0.39, 0.29) is 5.91 Å². The molecule has 0 aliphatic carbocycles. The summed E-state index contributed by atoms with van der Waals surface area (Å²) in [6.45, 7) is 4.19. The first-order chi connectivity index (χ1) is 15.7. The Hall–Kier alpha value is -3.80. The van der Waals surface area contributed by atoms with E-state index >= 15 is 0 Å². The summed E-state index contributed by atoms with van der Waals surface area (Å²) < 4.78 is 11.2. The molecule has 1 aliphatic heterocycles. The molecular formula is C26H25N3O3. The third kappa shape index (κ3) is 4.17. The summed E-state index contributed by atoms with van der Waals surface area (Å²) in [6.07, 6.45) is 3.36. The third-order valence-corrected chi connectivity index (χ3v) is 5.85. The molecule has 1 aliphatic rings. The molecule has 162 valence electrons. The molecule has 3 heterocycles. The standard InChI is InChI=1S/C26H25N3O3/c1-18-23(17-29-15-13-19-5-2-3-7-24(19)29)28-26(32-18)21-10-8-20(9-11-21)25(30)27-14-12-22-6-4-16-31-22/h2-11,16H,12-15,17H2,1H3,(H,27,30). The van der Waals surface area contributed by atoms with E-state index in [2.05, 4.69) is 34.5 Å². The molecule has 0 unspecified atom stereocenters. The number of amides is 1. The van der Waals surface area contributed by atoms with Crippen LogP contribution in [0.25, 0.3) is 11.5 Å². The molecule has 1 N–H and O–H groups in total. The van der Waals surface area contributed by atoms with Crippen LogP contribution in [-0.4, -0.2) is 24.0 Å². The Morgan fingerprint density at radius 3 is 2.75 bits per heavy atom. The summed E-state index contributed by atoms with van der Waals surface area (Å²) in [6, 6.07) is 19.6. The molecular weight excluding hydrogens is 402 g/mol. The number of nitrogens with zero attached hydrogens (tertiary/aromatic N) is 2. The van der Waals surface area contributed by atoms with Gasteiger partial charge in [-0.05, 0) is 61.4 Å². The van der Waals surface area contributed by atoms with Gasteiger partial charge in [0.05, 0.1) is 12.8 Å². The minimum absolute atomic E-state index is 0.111. The van der Waals surface area contributed by atoms with Crippen molar-refractivity contribution in [2.24, 2.45) is 0 Å². The first kappa shape index (κ1) is 20.1. The molecule has 1 amide bonds. The van der Waals surface area contributed by atoms with E-state index in [9.17, 15) is 4.79 Å². The van der Waals surface area contributed by atoms with Crippen molar-refractivity contribution in [2.45, 2.75) is 26.3 Å². The number of rotatable bonds is 7. The highest BCUT2D eigenvalue weighted by Crippen LogP contribution is 2.30. The molecule has 0 bridgehead atoms. The van der Waals surface area contributed by atoms with Gasteiger partial charge in [0.2, 0.25) is 5.89 Å². The van der Waals surface area contributed by atoms with Gasteiger partial charge >= 0.3 is 0 Å². The van der Waals surface area contributed by atoms with Gasteiger partial charge in [-0.2, -0.15) is 0 Å². The number of carbonyl (C=O) groups excluding carboxylic acids is 1. The van der Waals surface area contributed by atoms with E-state index in [1.807, 2.05) is 31.2 Å². The summed E-state index contributed by atoms with van der Waals surface area (Å²) >= 11 is 0. The topological polar surface area (TPSA) is 71.5 Å². The second-order valence-electron chi connectivity index (χ2n) is 7.98. The van der Waals surface area contributed by atoms with E-state index in [1.54, 1.807) is 18.4 Å². The maximum absolute atomic E-state index is 12.4. The largest absolute Gasteiger partial charge is 0.469 e. The fourth-order valence-electron chi connectivity index (χ4n) is 4.07. The summed E-state index contributed by atoms with van der Waals surface area (Å²) in [5.74, 6) is 2.15. The molecule has 0 radical (unpaired) electrons. The smallest absolute Gasteiger partial charge is 0.251 e. The first-order valence-corrected chi connectivity index (χ1v) is 10.9. The maximum Gasteiger partial charge on any atom is 0.251 e. The molecule has 0 atom stereocenters. The number of furan rings is 1. The third-order valence-electron chi connectivity index (χ3n) is 5.85. The lowest BCUT2D eigenvalue weighted by molar-refractivity contribution is 0.0953. The van der Waals surface area contributed by atoms with E-state index in [0.29, 0.717) is 24.4 Å². The van der Waals surface area contributed by atoms with Crippen LogP contribution >= 0.6 is 0 Å². The lowest BCUT2D eigenvalue weighted by Crippen LogP contribution is -2.25. The van der Waals surface area contributed by atoms with Crippen LogP contribution in [0.15, 0.2) is 75.8 Å². The lowest BCUT2D eigenvalue weighted by Gasteiger charge is -2.17. The number of anilines is 1. The SMILES string of the molecule is Cc1oc(-c2ccc(C(=O)NCCc3ccco3)cc2)nc1CN1CCc2ccccc21. The zero-order chi connectivity index (χ0) is 21.9. The number of para-hydroxylation sites is 1. The van der Waals surface area contributed by atoms with Gasteiger partial charge in [-0.15, -0.1) is 0 Å². The molecule has 0 spiro atoms. The first-order valence-electron chi connectivity index (χ1n) is 10.9. The number of aryl methyl sites for hydroxylation is 1. The maximum atomic E-state index is 12.4. The Morgan fingerprint density at radius 2 is 1.94 bits per heavy atom. The number of carbonyl (C=O) groups is 1. The van der Waals surface area contributed by atoms with Crippen molar-refractivity contribution in [1.29, 1.82) is 0 Å². The minimum Gasteiger partial charge on any atom is -0.469 e. The van der Waals surface area contributed by atoms with Gasteiger partial charge in [-0.25, -0.2) is 4.98 Å². The second-order valence-corrected chi connectivity index (χ2v) is 7.98. The number of hydrogen-bond acceptors (Lipinski definition) is 5. The van der Waals surface area contributed by atoms with E-state index in [4.69, 9.17) is 13.8 Å². The summed E-state index contributed by atoms with van der Waals surface area (Å²) in [7, 11) is 0. The highest BCUT2D eigenvalue weighted by Gasteiger charge is 2.21. The van der Waals surface area contributed by atoms with Crippen LogP contribution in [0.1, 0.15) is 33.1 Å². The van der Waals surface area contributed by atoms with Gasteiger partial charge in [0, 0.05) is 36.3 Å². The van der Waals surface area contributed by atoms with Crippen LogP contribution in [0.2, 0.25) is 0 Å². The Bertz CT molecular complexity index is 1210. The predicted octanol–water partition coefficient (Wildman–Crippen LogP) is 4.78. The number of benzene rings is 2. The van der Waals surface area contributed by atoms with Crippen molar-refractivity contribution in [3.05, 3.63) is 95.3 Å². The van der Waals surface area contributed by atoms with Crippen LogP contribution in [0.3, 0.4) is 0 Å². The summed E-state index contributed by atoms with van der Waals surface area (Å²) in [5, 5.41) is 2.91. The summed E-state index contributed by atoms with van der Waals surface area (Å²) in [4.78, 5) is 19.5. The molecule has 6 nitrogen and oxygen atoms in total. The molecule has 0 saturated heterocycles. The Labute approximate surface area is 186 Å². The number of oxazole rings is 1. The number of hydrogen-bond donors (Lipinski definition) is 1. The van der Waals surface area contributed by atoms with Crippen molar-refractivity contribution >= 4 is 11.6 Å². The fraction of sp³-hybridized carbons (Fsp3) is 0.231. The van der Waals surface area contributed by atoms with Crippen LogP contribution in [0.5, 0.6) is 0 Å². The molecule has 32 heavy (non-hydrogen) atoms. The Kier molecular flexibility index (Phi) is 5.50. The minimum atomic E-state index is -0.111. The molecule has 4 aromatic rings. The summed E-state index contributed by atoms with van der Waals surface area (Å²) in [5.41, 5.74) is 5.06. The Morgan fingerprint density at radius 1 is 1.09 bits per heavy atom. The van der Waals surface area contributed by atoms with E-state index < -0.39 is 0 Å². The van der Waals surface area contributed by atoms with Crippen molar-refractivity contribution in [3.63, 3.8) is 0 Å². The zero-order valence-electron chi connectivity index (χ0n) is 18.0. The van der Waals surface area contributed by atoms with Crippen LogP contribution in [-0.2, 0) is 19.4 Å². The van der Waals surface area contributed by atoms with E-state index in [0.717, 1.165) is 42.3 Å². The van der Waals surface area contributed by atoms with Crippen LogP contribution in [0.4, 0.5) is 5.69 Å². The van der Waals surface area contributed by atoms with Gasteiger partial charge in [-0.3, -0.25) is 4.79 Å². The zero-order valence-corrected chi connectivity index (χ0v) is 18.0. The molecule has 6 heteroatoms. The van der Waals surface area contributed by atoms with Crippen molar-refractivity contribution in [3.8, 4) is 11.5 Å². The van der Waals surface area contributed by atoms with Gasteiger partial charge in [-0.1, -0.05) is 18.2 Å². The fourth-order valence-corrected chi connectivity index (χ4v) is 4.07. The van der Waals surface area contributed by atoms with Crippen molar-refractivity contribution in [1.82, 2.24) is 10.3 Å². The number of fused-ring (bicyclic) bond motifs is 1. The Balaban J connectivity index is 1.23.